The zero-order valence-corrected chi connectivity index (χ0v) is 16.1. The molecule has 24 heavy (non-hydrogen) atoms. The normalized spacial score (nSPS) is 22.1. The van der Waals surface area contributed by atoms with Crippen molar-refractivity contribution in [2.24, 2.45) is 5.92 Å². The van der Waals surface area contributed by atoms with Gasteiger partial charge >= 0.3 is 0 Å². The van der Waals surface area contributed by atoms with Crippen molar-refractivity contribution in [3.63, 3.8) is 0 Å². The first-order valence-electron chi connectivity index (χ1n) is 9.39. The molecule has 1 atom stereocenters. The van der Waals surface area contributed by atoms with E-state index in [1.165, 1.54) is 36.4 Å². The van der Waals surface area contributed by atoms with E-state index in [2.05, 4.69) is 42.0 Å². The van der Waals surface area contributed by atoms with Crippen molar-refractivity contribution in [2.45, 2.75) is 59.2 Å². The Kier molecular flexibility index (Phi) is 5.95. The Labute approximate surface area is 150 Å². The van der Waals surface area contributed by atoms with Crippen LogP contribution in [0.4, 0.5) is 0 Å². The smallest absolute Gasteiger partial charge is 0.261 e. The fourth-order valence-electron chi connectivity index (χ4n) is 3.75. The molecule has 1 aromatic rings. The van der Waals surface area contributed by atoms with Gasteiger partial charge in [-0.2, -0.15) is 0 Å². The van der Waals surface area contributed by atoms with Crippen LogP contribution in [0.25, 0.3) is 0 Å². The summed E-state index contributed by atoms with van der Waals surface area (Å²) in [5.74, 6) is 0.935. The second-order valence-corrected chi connectivity index (χ2v) is 8.85. The van der Waals surface area contributed by atoms with Crippen molar-refractivity contribution in [1.82, 2.24) is 15.1 Å². The van der Waals surface area contributed by atoms with E-state index in [1.807, 2.05) is 0 Å². The number of piperidine rings is 1. The van der Waals surface area contributed by atoms with Crippen molar-refractivity contribution >= 4 is 17.2 Å². The van der Waals surface area contributed by atoms with Gasteiger partial charge in [-0.1, -0.05) is 6.92 Å². The summed E-state index contributed by atoms with van der Waals surface area (Å²) in [5.41, 5.74) is 1.35. The van der Waals surface area contributed by atoms with Crippen LogP contribution in [0.3, 0.4) is 0 Å². The monoisotopic (exact) mass is 349 g/mol. The number of nitrogens with zero attached hydrogens (tertiary/aromatic N) is 2. The van der Waals surface area contributed by atoms with Crippen LogP contribution in [-0.2, 0) is 13.1 Å². The fraction of sp³-hybridized carbons (Fsp3) is 0.737. The number of carbonyl (C=O) groups is 1. The molecule has 0 aromatic carbocycles. The minimum Gasteiger partial charge on any atom is -0.351 e. The van der Waals surface area contributed by atoms with Crippen LogP contribution in [-0.4, -0.2) is 47.9 Å². The Balaban J connectivity index is 1.40. The molecular weight excluding hydrogens is 318 g/mol. The topological polar surface area (TPSA) is 35.6 Å². The largest absolute Gasteiger partial charge is 0.351 e. The molecule has 0 bridgehead atoms. The molecule has 2 aliphatic rings. The summed E-state index contributed by atoms with van der Waals surface area (Å²) in [4.78, 5) is 19.6. The Morgan fingerprint density at radius 2 is 2.25 bits per heavy atom. The first-order valence-corrected chi connectivity index (χ1v) is 10.2. The standard InChI is InChI=1S/C19H31N3OS/c1-14(2)22-12-16-10-17(24-18(16)13-22)19(23)20-7-5-9-21-8-4-6-15(3)11-21/h10,14-15H,4-9,11-13H2,1-3H3,(H,20,23)/t15-/m1/s1. The van der Waals surface area contributed by atoms with Gasteiger partial charge in [0.2, 0.25) is 0 Å². The van der Waals surface area contributed by atoms with E-state index in [9.17, 15) is 4.79 Å². The maximum atomic E-state index is 12.3. The highest BCUT2D eigenvalue weighted by Gasteiger charge is 2.25. The number of hydrogen-bond donors (Lipinski definition) is 1. The number of hydrogen-bond acceptors (Lipinski definition) is 4. The molecule has 0 saturated carbocycles. The molecular formula is C19H31N3OS. The van der Waals surface area contributed by atoms with E-state index >= 15 is 0 Å². The highest BCUT2D eigenvalue weighted by atomic mass is 32.1. The van der Waals surface area contributed by atoms with Crippen LogP contribution in [0.5, 0.6) is 0 Å². The SMILES string of the molecule is CC(C)N1Cc2cc(C(=O)NCCCN3CCC[C@@H](C)C3)sc2C1. The van der Waals surface area contributed by atoms with Crippen molar-refractivity contribution in [3.8, 4) is 0 Å². The van der Waals surface area contributed by atoms with Gasteiger partial charge in [0.1, 0.15) is 0 Å². The lowest BCUT2D eigenvalue weighted by Gasteiger charge is -2.30. The van der Waals surface area contributed by atoms with Crippen LogP contribution < -0.4 is 5.32 Å². The third kappa shape index (κ3) is 4.38. The molecule has 3 heterocycles. The highest BCUT2D eigenvalue weighted by molar-refractivity contribution is 7.14. The van der Waals surface area contributed by atoms with Gasteiger partial charge in [-0.05, 0) is 63.7 Å². The van der Waals surface area contributed by atoms with Crippen molar-refractivity contribution in [1.29, 1.82) is 0 Å². The van der Waals surface area contributed by atoms with E-state index in [4.69, 9.17) is 0 Å². The molecule has 2 aliphatic heterocycles. The third-order valence-electron chi connectivity index (χ3n) is 5.25. The lowest BCUT2D eigenvalue weighted by molar-refractivity contribution is 0.0954. The summed E-state index contributed by atoms with van der Waals surface area (Å²) in [6.07, 6.45) is 3.73. The van der Waals surface area contributed by atoms with Gasteiger partial charge in [0.25, 0.3) is 5.91 Å². The Morgan fingerprint density at radius 1 is 1.42 bits per heavy atom. The van der Waals surface area contributed by atoms with Crippen LogP contribution in [0, 0.1) is 5.92 Å². The van der Waals surface area contributed by atoms with Gasteiger partial charge in [0.05, 0.1) is 4.88 Å². The van der Waals surface area contributed by atoms with E-state index in [-0.39, 0.29) is 5.91 Å². The van der Waals surface area contributed by atoms with Gasteiger partial charge in [-0.3, -0.25) is 9.69 Å². The first-order chi connectivity index (χ1) is 11.5. The number of fused-ring (bicyclic) bond motifs is 1. The van der Waals surface area contributed by atoms with Crippen molar-refractivity contribution in [2.75, 3.05) is 26.2 Å². The quantitative estimate of drug-likeness (QED) is 0.800. The second kappa shape index (κ2) is 7.98. The molecule has 134 valence electrons. The number of nitrogens with one attached hydrogen (secondary N) is 1. The Hall–Kier alpha value is -0.910. The van der Waals surface area contributed by atoms with Crippen molar-refractivity contribution < 1.29 is 4.79 Å². The second-order valence-electron chi connectivity index (χ2n) is 7.72. The van der Waals surface area contributed by atoms with Gasteiger partial charge in [-0.15, -0.1) is 11.3 Å². The Bertz CT molecular complexity index is 545. The number of carbonyl (C=O) groups excluding carboxylic acids is 1. The fourth-order valence-corrected chi connectivity index (χ4v) is 4.87. The zero-order chi connectivity index (χ0) is 17.1. The molecule has 1 aromatic heterocycles. The molecule has 1 fully saturated rings. The predicted octanol–water partition coefficient (Wildman–Crippen LogP) is 3.32. The molecule has 0 unspecified atom stereocenters. The van der Waals surface area contributed by atoms with Crippen molar-refractivity contribution in [3.05, 3.63) is 21.4 Å². The maximum absolute atomic E-state index is 12.3. The zero-order valence-electron chi connectivity index (χ0n) is 15.3. The van der Waals surface area contributed by atoms with E-state index < -0.39 is 0 Å². The van der Waals surface area contributed by atoms with Crippen LogP contribution in [0.1, 0.15) is 60.1 Å². The van der Waals surface area contributed by atoms with Gasteiger partial charge in [0, 0.05) is 37.1 Å². The minimum absolute atomic E-state index is 0.109. The van der Waals surface area contributed by atoms with Gasteiger partial charge < -0.3 is 10.2 Å². The molecule has 0 aliphatic carbocycles. The first kappa shape index (κ1) is 17.9. The highest BCUT2D eigenvalue weighted by Crippen LogP contribution is 2.32. The minimum atomic E-state index is 0.109. The molecule has 5 heteroatoms. The lowest BCUT2D eigenvalue weighted by atomic mass is 10.0. The molecule has 1 N–H and O–H groups in total. The summed E-state index contributed by atoms with van der Waals surface area (Å²) < 4.78 is 0. The number of rotatable bonds is 6. The molecule has 4 nitrogen and oxygen atoms in total. The van der Waals surface area contributed by atoms with Crippen LogP contribution >= 0.6 is 11.3 Å². The molecule has 1 amide bonds. The lowest BCUT2D eigenvalue weighted by Crippen LogP contribution is -2.36. The molecule has 1 saturated heterocycles. The predicted molar refractivity (Wildman–Crippen MR) is 100 cm³/mol. The summed E-state index contributed by atoms with van der Waals surface area (Å²) >= 11 is 1.67. The molecule has 0 radical (unpaired) electrons. The van der Waals surface area contributed by atoms with Gasteiger partial charge in [-0.25, -0.2) is 0 Å². The summed E-state index contributed by atoms with van der Waals surface area (Å²) in [5, 5.41) is 3.10. The number of amides is 1. The maximum Gasteiger partial charge on any atom is 0.261 e. The number of thiophene rings is 1. The summed E-state index contributed by atoms with van der Waals surface area (Å²) in [6.45, 7) is 13.1. The average Bonchev–Trinajstić information content (AvgIpc) is 3.10. The van der Waals surface area contributed by atoms with Gasteiger partial charge in [0.15, 0.2) is 0 Å². The van der Waals surface area contributed by atoms with Crippen LogP contribution in [0.15, 0.2) is 6.07 Å². The molecule has 3 rings (SSSR count). The van der Waals surface area contributed by atoms with E-state index in [0.29, 0.717) is 6.04 Å². The van der Waals surface area contributed by atoms with E-state index in [1.54, 1.807) is 11.3 Å². The summed E-state index contributed by atoms with van der Waals surface area (Å²) in [6, 6.07) is 2.67. The van der Waals surface area contributed by atoms with Crippen LogP contribution in [0.2, 0.25) is 0 Å². The summed E-state index contributed by atoms with van der Waals surface area (Å²) in [7, 11) is 0. The Morgan fingerprint density at radius 3 is 2.96 bits per heavy atom. The number of likely N-dealkylation sites (tertiary alicyclic amines) is 1. The molecule has 0 spiro atoms. The average molecular weight is 350 g/mol. The third-order valence-corrected chi connectivity index (χ3v) is 6.41. The van der Waals surface area contributed by atoms with E-state index in [0.717, 1.165) is 43.4 Å².